The van der Waals surface area contributed by atoms with E-state index in [0.717, 1.165) is 18.0 Å². The molecule has 124 valence electrons. The van der Waals surface area contributed by atoms with Crippen molar-refractivity contribution in [1.82, 2.24) is 15.1 Å². The molecule has 2 aliphatic rings. The Morgan fingerprint density at radius 2 is 1.90 bits per heavy atom. The first-order valence-corrected chi connectivity index (χ1v) is 9.40. The minimum absolute atomic E-state index is 0.719. The zero-order valence-corrected chi connectivity index (χ0v) is 14.6. The van der Waals surface area contributed by atoms with E-state index in [1.165, 1.54) is 77.7 Å². The lowest BCUT2D eigenvalue weighted by atomic mass is 9.80. The molecular weight excluding hydrogens is 258 g/mol. The lowest BCUT2D eigenvalue weighted by Crippen LogP contribution is -2.53. The average Bonchev–Trinajstić information content (AvgIpc) is 3.03. The summed E-state index contributed by atoms with van der Waals surface area (Å²) in [5.74, 6) is 0.948. The molecule has 2 fully saturated rings. The van der Waals surface area contributed by atoms with Crippen LogP contribution in [0.2, 0.25) is 0 Å². The van der Waals surface area contributed by atoms with E-state index < -0.39 is 0 Å². The van der Waals surface area contributed by atoms with E-state index in [0.29, 0.717) is 0 Å². The van der Waals surface area contributed by atoms with Gasteiger partial charge in [-0.15, -0.1) is 0 Å². The molecule has 3 unspecified atom stereocenters. The van der Waals surface area contributed by atoms with E-state index >= 15 is 0 Å². The largest absolute Gasteiger partial charge is 0.312 e. The Balaban J connectivity index is 1.83. The monoisotopic (exact) mass is 295 g/mol. The molecular formula is C18H37N3. The summed E-state index contributed by atoms with van der Waals surface area (Å²) in [5.41, 5.74) is 0. The van der Waals surface area contributed by atoms with Crippen molar-refractivity contribution in [2.24, 2.45) is 5.92 Å². The molecule has 1 aliphatic carbocycles. The van der Waals surface area contributed by atoms with E-state index in [1.807, 2.05) is 0 Å². The van der Waals surface area contributed by atoms with Crippen LogP contribution >= 0.6 is 0 Å². The van der Waals surface area contributed by atoms with Gasteiger partial charge in [0.2, 0.25) is 0 Å². The normalized spacial score (nSPS) is 31.1. The van der Waals surface area contributed by atoms with Gasteiger partial charge in [-0.1, -0.05) is 20.3 Å². The maximum absolute atomic E-state index is 3.82. The highest BCUT2D eigenvalue weighted by Crippen LogP contribution is 2.29. The summed E-state index contributed by atoms with van der Waals surface area (Å²) in [6.45, 7) is 11.0. The molecule has 1 saturated carbocycles. The molecule has 1 saturated heterocycles. The fourth-order valence-corrected chi connectivity index (χ4v) is 4.13. The second kappa shape index (κ2) is 9.12. The number of nitrogens with zero attached hydrogens (tertiary/aromatic N) is 2. The summed E-state index contributed by atoms with van der Waals surface area (Å²) in [6, 6.07) is 1.47. The van der Waals surface area contributed by atoms with Gasteiger partial charge in [-0.3, -0.25) is 0 Å². The first-order valence-electron chi connectivity index (χ1n) is 9.40. The Morgan fingerprint density at radius 3 is 2.57 bits per heavy atom. The molecule has 0 aromatic rings. The minimum Gasteiger partial charge on any atom is -0.312 e. The van der Waals surface area contributed by atoms with Crippen LogP contribution in [0.1, 0.15) is 58.8 Å². The first kappa shape index (κ1) is 17.2. The van der Waals surface area contributed by atoms with Gasteiger partial charge in [0.15, 0.2) is 0 Å². The summed E-state index contributed by atoms with van der Waals surface area (Å²) >= 11 is 0. The molecule has 3 heteroatoms. The maximum Gasteiger partial charge on any atom is 0.0249 e. The molecule has 0 radical (unpaired) electrons. The van der Waals surface area contributed by atoms with Gasteiger partial charge in [-0.25, -0.2) is 0 Å². The number of nitrogens with one attached hydrogen (secondary N) is 1. The van der Waals surface area contributed by atoms with Gasteiger partial charge < -0.3 is 15.1 Å². The van der Waals surface area contributed by atoms with Crippen LogP contribution in [0.25, 0.3) is 0 Å². The smallest absolute Gasteiger partial charge is 0.0249 e. The second-order valence-electron chi connectivity index (χ2n) is 7.24. The Hall–Kier alpha value is -0.120. The summed E-state index contributed by atoms with van der Waals surface area (Å²) < 4.78 is 0. The molecule has 1 N–H and O–H groups in total. The summed E-state index contributed by atoms with van der Waals surface area (Å²) in [7, 11) is 2.36. The van der Waals surface area contributed by atoms with Crippen LogP contribution in [0.4, 0.5) is 0 Å². The van der Waals surface area contributed by atoms with Gasteiger partial charge in [0, 0.05) is 25.2 Å². The Morgan fingerprint density at radius 1 is 1.14 bits per heavy atom. The molecule has 1 heterocycles. The molecule has 0 amide bonds. The highest BCUT2D eigenvalue weighted by molar-refractivity contribution is 4.90. The highest BCUT2D eigenvalue weighted by atomic mass is 15.2. The molecule has 0 aromatic heterocycles. The quantitative estimate of drug-likeness (QED) is 0.743. The molecule has 21 heavy (non-hydrogen) atoms. The van der Waals surface area contributed by atoms with Gasteiger partial charge in [0.25, 0.3) is 0 Å². The van der Waals surface area contributed by atoms with Crippen molar-refractivity contribution in [2.45, 2.75) is 70.9 Å². The van der Waals surface area contributed by atoms with Crippen molar-refractivity contribution in [3.05, 3.63) is 0 Å². The van der Waals surface area contributed by atoms with Gasteiger partial charge in [-0.2, -0.15) is 0 Å². The van der Waals surface area contributed by atoms with Crippen LogP contribution in [0.15, 0.2) is 0 Å². The van der Waals surface area contributed by atoms with Crippen LogP contribution in [0.3, 0.4) is 0 Å². The number of likely N-dealkylation sites (tertiary alicyclic amines) is 1. The van der Waals surface area contributed by atoms with E-state index in [1.54, 1.807) is 0 Å². The van der Waals surface area contributed by atoms with Gasteiger partial charge in [0.05, 0.1) is 0 Å². The van der Waals surface area contributed by atoms with Crippen LogP contribution in [0, 0.1) is 5.92 Å². The van der Waals surface area contributed by atoms with Gasteiger partial charge in [-0.05, 0) is 71.1 Å². The summed E-state index contributed by atoms with van der Waals surface area (Å²) in [5, 5.41) is 3.82. The fourth-order valence-electron chi connectivity index (χ4n) is 4.13. The number of rotatable bonds is 8. The summed E-state index contributed by atoms with van der Waals surface area (Å²) in [6.07, 6.45) is 9.62. The fraction of sp³-hybridized carbons (Fsp3) is 1.00. The molecule has 3 nitrogen and oxygen atoms in total. The molecule has 0 aromatic carbocycles. The molecule has 0 bridgehead atoms. The zero-order valence-electron chi connectivity index (χ0n) is 14.6. The van der Waals surface area contributed by atoms with Crippen molar-refractivity contribution < 1.29 is 0 Å². The van der Waals surface area contributed by atoms with E-state index in [4.69, 9.17) is 0 Å². The van der Waals surface area contributed by atoms with Crippen LogP contribution in [0.5, 0.6) is 0 Å². The number of hydrogen-bond acceptors (Lipinski definition) is 3. The molecule has 1 aliphatic heterocycles. The topological polar surface area (TPSA) is 18.5 Å². The molecule has 2 rings (SSSR count). The second-order valence-corrected chi connectivity index (χ2v) is 7.24. The van der Waals surface area contributed by atoms with E-state index in [9.17, 15) is 0 Å². The van der Waals surface area contributed by atoms with Crippen molar-refractivity contribution >= 4 is 0 Å². The first-order chi connectivity index (χ1) is 10.2. The van der Waals surface area contributed by atoms with Gasteiger partial charge in [0.1, 0.15) is 0 Å². The van der Waals surface area contributed by atoms with Crippen molar-refractivity contribution in [3.8, 4) is 0 Å². The SMILES string of the molecule is CCCNC1CCC(CC)CC1N(C)CCN1CCCC1. The van der Waals surface area contributed by atoms with Crippen molar-refractivity contribution in [2.75, 3.05) is 39.8 Å². The Kier molecular flexibility index (Phi) is 7.48. The standard InChI is InChI=1S/C18H37N3/c1-4-10-19-17-9-8-16(5-2)15-18(17)20(3)13-14-21-11-6-7-12-21/h16-19H,4-15H2,1-3H3. The molecule has 3 atom stereocenters. The average molecular weight is 296 g/mol. The molecule has 0 spiro atoms. The third-order valence-corrected chi connectivity index (χ3v) is 5.69. The van der Waals surface area contributed by atoms with Gasteiger partial charge >= 0.3 is 0 Å². The van der Waals surface area contributed by atoms with E-state index in [2.05, 4.69) is 36.0 Å². The van der Waals surface area contributed by atoms with Crippen molar-refractivity contribution in [1.29, 1.82) is 0 Å². The Labute approximate surface area is 132 Å². The van der Waals surface area contributed by atoms with Crippen molar-refractivity contribution in [3.63, 3.8) is 0 Å². The lowest BCUT2D eigenvalue weighted by molar-refractivity contribution is 0.108. The minimum atomic E-state index is 0.719. The predicted octanol–water partition coefficient (Wildman–Crippen LogP) is 2.96. The number of hydrogen-bond donors (Lipinski definition) is 1. The van der Waals surface area contributed by atoms with Crippen LogP contribution in [-0.2, 0) is 0 Å². The van der Waals surface area contributed by atoms with Crippen LogP contribution < -0.4 is 5.32 Å². The lowest BCUT2D eigenvalue weighted by Gasteiger charge is -2.42. The summed E-state index contributed by atoms with van der Waals surface area (Å²) in [4.78, 5) is 5.30. The third kappa shape index (κ3) is 5.22. The third-order valence-electron chi connectivity index (χ3n) is 5.69. The maximum atomic E-state index is 3.82. The highest BCUT2D eigenvalue weighted by Gasteiger charge is 2.32. The Bertz CT molecular complexity index is 276. The predicted molar refractivity (Wildman–Crippen MR) is 91.8 cm³/mol. The number of likely N-dealkylation sites (N-methyl/N-ethyl adjacent to an activating group) is 1. The van der Waals surface area contributed by atoms with Crippen LogP contribution in [-0.4, -0.2) is 61.7 Å². The zero-order chi connectivity index (χ0) is 15.1. The van der Waals surface area contributed by atoms with E-state index in [-0.39, 0.29) is 0 Å².